The van der Waals surface area contributed by atoms with E-state index in [2.05, 4.69) is 5.32 Å². The predicted molar refractivity (Wildman–Crippen MR) is 63.5 cm³/mol. The lowest BCUT2D eigenvalue weighted by molar-refractivity contribution is -0.116. The van der Waals surface area contributed by atoms with Gasteiger partial charge >= 0.3 is 0 Å². The number of carbonyl (C=O) groups is 1. The second-order valence-corrected chi connectivity index (χ2v) is 3.73. The summed E-state index contributed by atoms with van der Waals surface area (Å²) in [7, 11) is 0. The number of rotatable bonds is 3. The van der Waals surface area contributed by atoms with Crippen molar-refractivity contribution in [2.45, 2.75) is 19.9 Å². The molecule has 0 heterocycles. The molecule has 0 aromatic heterocycles. The molecule has 3 nitrogen and oxygen atoms in total. The molecule has 0 fully saturated rings. The number of nitrogens with one attached hydrogen (secondary N) is 1. The minimum Gasteiger partial charge on any atom is -0.350 e. The van der Waals surface area contributed by atoms with Crippen LogP contribution in [-0.4, -0.2) is 11.9 Å². The summed E-state index contributed by atoms with van der Waals surface area (Å²) < 4.78 is 0. The topological polar surface area (TPSA) is 52.9 Å². The van der Waals surface area contributed by atoms with Gasteiger partial charge in [0.2, 0.25) is 5.91 Å². The molecule has 3 heteroatoms. The maximum absolute atomic E-state index is 11.3. The van der Waals surface area contributed by atoms with Gasteiger partial charge in [0.25, 0.3) is 0 Å². The molecule has 0 aliphatic heterocycles. The predicted octanol–water partition coefficient (Wildman–Crippen LogP) is 2.10. The molecule has 0 bridgehead atoms. The molecular formula is C13H14N2O. The number of hydrogen-bond donors (Lipinski definition) is 1. The van der Waals surface area contributed by atoms with Crippen LogP contribution in [0.1, 0.15) is 25.0 Å². The van der Waals surface area contributed by atoms with E-state index in [0.717, 1.165) is 5.56 Å². The largest absolute Gasteiger partial charge is 0.350 e. The van der Waals surface area contributed by atoms with Crippen molar-refractivity contribution in [1.82, 2.24) is 5.32 Å². The SMILES string of the molecule is CC(C)NC(=O)/C=C\c1ccc(C#N)cc1. The fraction of sp³-hybridized carbons (Fsp3) is 0.231. The Kier molecular flexibility index (Phi) is 4.28. The first-order chi connectivity index (χ1) is 7.61. The lowest BCUT2D eigenvalue weighted by Crippen LogP contribution is -2.28. The van der Waals surface area contributed by atoms with Gasteiger partial charge in [0, 0.05) is 12.1 Å². The Hall–Kier alpha value is -2.08. The van der Waals surface area contributed by atoms with Crippen LogP contribution in [0.2, 0.25) is 0 Å². The minimum atomic E-state index is -0.112. The summed E-state index contributed by atoms with van der Waals surface area (Å²) in [4.78, 5) is 11.3. The summed E-state index contributed by atoms with van der Waals surface area (Å²) in [6.07, 6.45) is 3.21. The van der Waals surface area contributed by atoms with Crippen LogP contribution in [0, 0.1) is 11.3 Å². The highest BCUT2D eigenvalue weighted by Gasteiger charge is 1.97. The van der Waals surface area contributed by atoms with Gasteiger partial charge in [-0.2, -0.15) is 5.26 Å². The van der Waals surface area contributed by atoms with E-state index in [0.29, 0.717) is 5.56 Å². The third kappa shape index (κ3) is 3.97. The van der Waals surface area contributed by atoms with E-state index in [1.165, 1.54) is 6.08 Å². The molecule has 0 aliphatic rings. The monoisotopic (exact) mass is 214 g/mol. The van der Waals surface area contributed by atoms with Crippen molar-refractivity contribution in [1.29, 1.82) is 5.26 Å². The Morgan fingerprint density at radius 3 is 2.50 bits per heavy atom. The maximum Gasteiger partial charge on any atom is 0.244 e. The van der Waals surface area contributed by atoms with Crippen LogP contribution in [0.5, 0.6) is 0 Å². The molecular weight excluding hydrogens is 200 g/mol. The third-order valence-corrected chi connectivity index (χ3v) is 1.90. The number of amides is 1. The fourth-order valence-electron chi connectivity index (χ4n) is 1.17. The standard InChI is InChI=1S/C13H14N2O/c1-10(2)15-13(16)8-7-11-3-5-12(9-14)6-4-11/h3-8,10H,1-2H3,(H,15,16)/b8-7-. The molecule has 82 valence electrons. The van der Waals surface area contributed by atoms with E-state index in [-0.39, 0.29) is 11.9 Å². The van der Waals surface area contributed by atoms with Crippen LogP contribution in [0.3, 0.4) is 0 Å². The Bertz CT molecular complexity index is 424. The van der Waals surface area contributed by atoms with E-state index in [4.69, 9.17) is 5.26 Å². The van der Waals surface area contributed by atoms with Crippen molar-refractivity contribution < 1.29 is 4.79 Å². The highest BCUT2D eigenvalue weighted by molar-refractivity contribution is 5.91. The molecule has 1 N–H and O–H groups in total. The quantitative estimate of drug-likeness (QED) is 0.783. The zero-order valence-electron chi connectivity index (χ0n) is 9.40. The highest BCUT2D eigenvalue weighted by Crippen LogP contribution is 2.04. The number of nitriles is 1. The van der Waals surface area contributed by atoms with Gasteiger partial charge < -0.3 is 5.32 Å². The Morgan fingerprint density at radius 2 is 2.00 bits per heavy atom. The molecule has 0 radical (unpaired) electrons. The average molecular weight is 214 g/mol. The van der Waals surface area contributed by atoms with Crippen molar-refractivity contribution in [2.75, 3.05) is 0 Å². The van der Waals surface area contributed by atoms with Gasteiger partial charge in [0.15, 0.2) is 0 Å². The van der Waals surface area contributed by atoms with Gasteiger partial charge in [-0.1, -0.05) is 12.1 Å². The molecule has 0 aliphatic carbocycles. The van der Waals surface area contributed by atoms with Gasteiger partial charge in [-0.15, -0.1) is 0 Å². The smallest absolute Gasteiger partial charge is 0.244 e. The maximum atomic E-state index is 11.3. The molecule has 1 aromatic carbocycles. The summed E-state index contributed by atoms with van der Waals surface area (Å²) in [5.74, 6) is -0.112. The van der Waals surface area contributed by atoms with E-state index in [9.17, 15) is 4.79 Å². The molecule has 0 saturated carbocycles. The summed E-state index contributed by atoms with van der Waals surface area (Å²) in [6.45, 7) is 3.82. The number of benzene rings is 1. The van der Waals surface area contributed by atoms with E-state index in [1.54, 1.807) is 30.3 Å². The molecule has 0 saturated heterocycles. The first-order valence-electron chi connectivity index (χ1n) is 5.10. The lowest BCUT2D eigenvalue weighted by Gasteiger charge is -2.03. The van der Waals surface area contributed by atoms with Crippen LogP contribution in [-0.2, 0) is 4.79 Å². The molecule has 1 aromatic rings. The van der Waals surface area contributed by atoms with Crippen molar-refractivity contribution in [3.63, 3.8) is 0 Å². The first kappa shape index (κ1) is 12.0. The zero-order chi connectivity index (χ0) is 12.0. The molecule has 0 unspecified atom stereocenters. The van der Waals surface area contributed by atoms with Crippen molar-refractivity contribution in [3.05, 3.63) is 41.5 Å². The van der Waals surface area contributed by atoms with E-state index >= 15 is 0 Å². The van der Waals surface area contributed by atoms with Crippen LogP contribution >= 0.6 is 0 Å². The normalized spacial score (nSPS) is 10.4. The van der Waals surface area contributed by atoms with Crippen LogP contribution < -0.4 is 5.32 Å². The Morgan fingerprint density at radius 1 is 1.38 bits per heavy atom. The number of hydrogen-bond acceptors (Lipinski definition) is 2. The summed E-state index contributed by atoms with van der Waals surface area (Å²) in [5, 5.41) is 11.4. The molecule has 1 amide bonds. The zero-order valence-corrected chi connectivity index (χ0v) is 9.40. The molecule has 0 atom stereocenters. The van der Waals surface area contributed by atoms with Gasteiger partial charge in [0.1, 0.15) is 0 Å². The van der Waals surface area contributed by atoms with Gasteiger partial charge in [-0.25, -0.2) is 0 Å². The van der Waals surface area contributed by atoms with Crippen molar-refractivity contribution in [2.24, 2.45) is 0 Å². The van der Waals surface area contributed by atoms with Gasteiger partial charge in [-0.3, -0.25) is 4.79 Å². The van der Waals surface area contributed by atoms with E-state index < -0.39 is 0 Å². The number of carbonyl (C=O) groups excluding carboxylic acids is 1. The first-order valence-corrected chi connectivity index (χ1v) is 5.10. The van der Waals surface area contributed by atoms with Crippen LogP contribution in [0.4, 0.5) is 0 Å². The summed E-state index contributed by atoms with van der Waals surface area (Å²) >= 11 is 0. The van der Waals surface area contributed by atoms with Crippen LogP contribution in [0.15, 0.2) is 30.3 Å². The summed E-state index contributed by atoms with van der Waals surface area (Å²) in [5.41, 5.74) is 1.52. The average Bonchev–Trinajstić information content (AvgIpc) is 2.26. The van der Waals surface area contributed by atoms with Crippen molar-refractivity contribution in [3.8, 4) is 6.07 Å². The highest BCUT2D eigenvalue weighted by atomic mass is 16.1. The van der Waals surface area contributed by atoms with Crippen molar-refractivity contribution >= 4 is 12.0 Å². The third-order valence-electron chi connectivity index (χ3n) is 1.90. The second-order valence-electron chi connectivity index (χ2n) is 3.73. The van der Waals surface area contributed by atoms with Crippen LogP contribution in [0.25, 0.3) is 6.08 Å². The second kappa shape index (κ2) is 5.72. The van der Waals surface area contributed by atoms with E-state index in [1.807, 2.05) is 19.9 Å². The fourth-order valence-corrected chi connectivity index (χ4v) is 1.17. The lowest BCUT2D eigenvalue weighted by atomic mass is 10.1. The molecule has 0 spiro atoms. The Labute approximate surface area is 95.4 Å². The molecule has 1 rings (SSSR count). The molecule has 16 heavy (non-hydrogen) atoms. The Balaban J connectivity index is 2.63. The van der Waals surface area contributed by atoms with Gasteiger partial charge in [0.05, 0.1) is 11.6 Å². The number of nitrogens with zero attached hydrogens (tertiary/aromatic N) is 1. The minimum absolute atomic E-state index is 0.112. The van der Waals surface area contributed by atoms with Gasteiger partial charge in [-0.05, 0) is 37.6 Å². The summed E-state index contributed by atoms with van der Waals surface area (Å²) in [6, 6.07) is 9.23.